The quantitative estimate of drug-likeness (QED) is 0.811. The molecule has 0 bridgehead atoms. The lowest BCUT2D eigenvalue weighted by Crippen LogP contribution is -2.51. The minimum atomic E-state index is -0.238. The first-order chi connectivity index (χ1) is 11.5. The van der Waals surface area contributed by atoms with Crippen molar-refractivity contribution in [1.82, 2.24) is 9.80 Å². The number of carbonyl (C=O) groups excluding carboxylic acids is 2. The Hall–Kier alpha value is -1.63. The predicted octanol–water partition coefficient (Wildman–Crippen LogP) is 0.994. The van der Waals surface area contributed by atoms with Gasteiger partial charge in [0.2, 0.25) is 11.8 Å². The molecule has 0 spiro atoms. The number of nitrogens with two attached hydrogens (primary N) is 1. The third-order valence-corrected chi connectivity index (χ3v) is 4.59. The van der Waals surface area contributed by atoms with Gasteiger partial charge in [-0.3, -0.25) is 9.59 Å². The van der Waals surface area contributed by atoms with E-state index in [-0.39, 0.29) is 30.3 Å². The molecule has 2 rings (SSSR count). The van der Waals surface area contributed by atoms with Crippen LogP contribution in [0.1, 0.15) is 17.5 Å². The molecule has 1 fully saturated rings. The van der Waals surface area contributed by atoms with Gasteiger partial charge in [-0.1, -0.05) is 24.3 Å². The fourth-order valence-electron chi connectivity index (χ4n) is 2.88. The number of methoxy groups -OCH3 is 1. The molecule has 0 aliphatic carbocycles. The molecule has 0 radical (unpaired) electrons. The third-order valence-electron chi connectivity index (χ3n) is 4.59. The van der Waals surface area contributed by atoms with E-state index < -0.39 is 0 Å². The van der Waals surface area contributed by atoms with Gasteiger partial charge in [-0.15, -0.1) is 12.4 Å². The maximum absolute atomic E-state index is 12.5. The first-order valence-corrected chi connectivity index (χ1v) is 8.38. The summed E-state index contributed by atoms with van der Waals surface area (Å²) < 4.78 is 5.16. The molecule has 1 aromatic rings. The molecule has 25 heavy (non-hydrogen) atoms. The number of piperazine rings is 1. The average molecular weight is 370 g/mol. The fourth-order valence-corrected chi connectivity index (χ4v) is 2.88. The summed E-state index contributed by atoms with van der Waals surface area (Å²) in [6.07, 6.45) is 0.474. The number of hydrogen-bond donors (Lipinski definition) is 1. The topological polar surface area (TPSA) is 75.9 Å². The summed E-state index contributed by atoms with van der Waals surface area (Å²) in [7, 11) is 1.56. The van der Waals surface area contributed by atoms with Crippen molar-refractivity contribution >= 4 is 24.2 Å². The van der Waals surface area contributed by atoms with Crippen LogP contribution in [-0.2, 0) is 20.7 Å². The van der Waals surface area contributed by atoms with Gasteiger partial charge < -0.3 is 20.3 Å². The predicted molar refractivity (Wildman–Crippen MR) is 99.8 cm³/mol. The Balaban J connectivity index is 0.00000312. The van der Waals surface area contributed by atoms with Crippen LogP contribution in [0.2, 0.25) is 0 Å². The average Bonchev–Trinajstić information content (AvgIpc) is 2.61. The summed E-state index contributed by atoms with van der Waals surface area (Å²) in [5.41, 5.74) is 7.75. The van der Waals surface area contributed by atoms with E-state index >= 15 is 0 Å². The largest absolute Gasteiger partial charge is 0.380 e. The number of benzene rings is 1. The van der Waals surface area contributed by atoms with Crippen LogP contribution in [-0.4, -0.2) is 67.6 Å². The molecule has 0 saturated carbocycles. The molecule has 1 atom stereocenters. The lowest BCUT2D eigenvalue weighted by Gasteiger charge is -2.35. The summed E-state index contributed by atoms with van der Waals surface area (Å²) in [5, 5.41) is 0. The Morgan fingerprint density at radius 2 is 1.68 bits per heavy atom. The lowest BCUT2D eigenvalue weighted by atomic mass is 10.1. The molecule has 1 heterocycles. The van der Waals surface area contributed by atoms with Crippen molar-refractivity contribution in [2.24, 2.45) is 5.73 Å². The van der Waals surface area contributed by atoms with E-state index in [4.69, 9.17) is 10.5 Å². The highest BCUT2D eigenvalue weighted by Gasteiger charge is 2.25. The molecule has 7 heteroatoms. The van der Waals surface area contributed by atoms with Gasteiger partial charge in [0, 0.05) is 39.8 Å². The normalized spacial score (nSPS) is 15.5. The standard InChI is InChI=1S/C18H27N3O3.ClH/c1-14-5-3-4-6-15(14)11-17(22)20-7-9-21(10-8-20)18(23)12-16(13-19)24-2;/h3-6,16H,7-13,19H2,1-2H3;1H. The van der Waals surface area contributed by atoms with Crippen LogP contribution in [0.3, 0.4) is 0 Å². The van der Waals surface area contributed by atoms with Gasteiger partial charge in [-0.05, 0) is 18.1 Å². The van der Waals surface area contributed by atoms with E-state index in [0.29, 0.717) is 45.6 Å². The zero-order valence-corrected chi connectivity index (χ0v) is 15.8. The zero-order valence-electron chi connectivity index (χ0n) is 14.9. The molecule has 1 unspecified atom stereocenters. The Labute approximate surface area is 155 Å². The van der Waals surface area contributed by atoms with Crippen molar-refractivity contribution in [2.45, 2.75) is 25.9 Å². The Morgan fingerprint density at radius 3 is 2.20 bits per heavy atom. The van der Waals surface area contributed by atoms with Crippen LogP contribution in [0.4, 0.5) is 0 Å². The van der Waals surface area contributed by atoms with Crippen LogP contribution >= 0.6 is 12.4 Å². The van der Waals surface area contributed by atoms with Crippen molar-refractivity contribution < 1.29 is 14.3 Å². The van der Waals surface area contributed by atoms with Crippen molar-refractivity contribution in [3.05, 3.63) is 35.4 Å². The number of carbonyl (C=O) groups is 2. The van der Waals surface area contributed by atoms with E-state index in [1.807, 2.05) is 36.1 Å². The maximum Gasteiger partial charge on any atom is 0.227 e. The van der Waals surface area contributed by atoms with Crippen LogP contribution in [0.5, 0.6) is 0 Å². The van der Waals surface area contributed by atoms with Crippen molar-refractivity contribution in [1.29, 1.82) is 0 Å². The highest BCUT2D eigenvalue weighted by atomic mass is 35.5. The SMILES string of the molecule is COC(CN)CC(=O)N1CCN(C(=O)Cc2ccccc2C)CC1.Cl. The molecule has 1 aromatic carbocycles. The van der Waals surface area contributed by atoms with E-state index in [0.717, 1.165) is 11.1 Å². The molecular weight excluding hydrogens is 342 g/mol. The van der Waals surface area contributed by atoms with Crippen molar-refractivity contribution in [3.8, 4) is 0 Å². The first-order valence-electron chi connectivity index (χ1n) is 8.38. The van der Waals surface area contributed by atoms with Gasteiger partial charge >= 0.3 is 0 Å². The molecule has 140 valence electrons. The molecule has 1 aliphatic heterocycles. The highest BCUT2D eigenvalue weighted by Crippen LogP contribution is 2.12. The maximum atomic E-state index is 12.5. The summed E-state index contributed by atoms with van der Waals surface area (Å²) in [6.45, 7) is 4.64. The third kappa shape index (κ3) is 5.99. The summed E-state index contributed by atoms with van der Waals surface area (Å²) in [5.74, 6) is 0.159. The van der Waals surface area contributed by atoms with E-state index in [2.05, 4.69) is 0 Å². The van der Waals surface area contributed by atoms with Crippen LogP contribution in [0.25, 0.3) is 0 Å². The molecule has 2 amide bonds. The summed E-state index contributed by atoms with van der Waals surface area (Å²) in [6, 6.07) is 7.94. The Kier molecular flexibility index (Phi) is 8.89. The van der Waals surface area contributed by atoms with E-state index in [1.165, 1.54) is 0 Å². The zero-order chi connectivity index (χ0) is 17.5. The second-order valence-electron chi connectivity index (χ2n) is 6.16. The number of halogens is 1. The Bertz CT molecular complexity index is 570. The van der Waals surface area contributed by atoms with E-state index in [1.54, 1.807) is 12.0 Å². The summed E-state index contributed by atoms with van der Waals surface area (Å²) in [4.78, 5) is 28.3. The van der Waals surface area contributed by atoms with Gasteiger partial charge in [0.05, 0.1) is 18.9 Å². The fraction of sp³-hybridized carbons (Fsp3) is 0.556. The monoisotopic (exact) mass is 369 g/mol. The lowest BCUT2D eigenvalue weighted by molar-refractivity contribution is -0.140. The molecule has 1 aliphatic rings. The van der Waals surface area contributed by atoms with Gasteiger partial charge in [0.25, 0.3) is 0 Å². The first kappa shape index (κ1) is 21.4. The van der Waals surface area contributed by atoms with Crippen molar-refractivity contribution in [2.75, 3.05) is 39.8 Å². The minimum Gasteiger partial charge on any atom is -0.380 e. The molecular formula is C18H28ClN3O3. The number of aryl methyl sites for hydroxylation is 1. The van der Waals surface area contributed by atoms with Crippen molar-refractivity contribution in [3.63, 3.8) is 0 Å². The number of ether oxygens (including phenoxy) is 1. The van der Waals surface area contributed by atoms with Crippen LogP contribution in [0, 0.1) is 6.92 Å². The smallest absolute Gasteiger partial charge is 0.227 e. The molecule has 1 saturated heterocycles. The second kappa shape index (κ2) is 10.4. The number of nitrogens with zero attached hydrogens (tertiary/aromatic N) is 2. The van der Waals surface area contributed by atoms with Crippen LogP contribution < -0.4 is 5.73 Å². The molecule has 2 N–H and O–H groups in total. The van der Waals surface area contributed by atoms with Gasteiger partial charge in [-0.25, -0.2) is 0 Å². The molecule has 0 aromatic heterocycles. The van der Waals surface area contributed by atoms with Crippen LogP contribution in [0.15, 0.2) is 24.3 Å². The Morgan fingerprint density at radius 1 is 1.12 bits per heavy atom. The van der Waals surface area contributed by atoms with Gasteiger partial charge in [0.1, 0.15) is 0 Å². The van der Waals surface area contributed by atoms with E-state index in [9.17, 15) is 9.59 Å². The number of amides is 2. The van der Waals surface area contributed by atoms with Gasteiger partial charge in [-0.2, -0.15) is 0 Å². The van der Waals surface area contributed by atoms with Gasteiger partial charge in [0.15, 0.2) is 0 Å². The second-order valence-corrected chi connectivity index (χ2v) is 6.16. The minimum absolute atomic E-state index is 0. The molecule has 6 nitrogen and oxygen atoms in total. The highest BCUT2D eigenvalue weighted by molar-refractivity contribution is 5.85. The summed E-state index contributed by atoms with van der Waals surface area (Å²) >= 11 is 0. The number of hydrogen-bond acceptors (Lipinski definition) is 4. The number of rotatable bonds is 6.